The minimum absolute atomic E-state index is 0.607. The number of aromatic nitrogens is 2. The van der Waals surface area contributed by atoms with Gasteiger partial charge in [-0.15, -0.1) is 0 Å². The van der Waals surface area contributed by atoms with Crippen molar-refractivity contribution in [3.05, 3.63) is 18.1 Å². The number of anilines is 1. The molecule has 0 bridgehead atoms. The summed E-state index contributed by atoms with van der Waals surface area (Å²) in [6.45, 7) is 0.864. The van der Waals surface area contributed by atoms with Gasteiger partial charge in [0.2, 0.25) is 0 Å². The van der Waals surface area contributed by atoms with Crippen LogP contribution < -0.4 is 11.3 Å². The summed E-state index contributed by atoms with van der Waals surface area (Å²) in [6.07, 6.45) is 11.6. The van der Waals surface area contributed by atoms with Crippen LogP contribution in [0.15, 0.2) is 12.4 Å². The van der Waals surface area contributed by atoms with Gasteiger partial charge in [0.25, 0.3) is 0 Å². The molecule has 1 aromatic rings. The van der Waals surface area contributed by atoms with E-state index in [-0.39, 0.29) is 0 Å². The van der Waals surface area contributed by atoms with Gasteiger partial charge in [-0.2, -0.15) is 0 Å². The second-order valence-electron chi connectivity index (χ2n) is 5.10. The zero-order valence-electron chi connectivity index (χ0n) is 11.1. The molecule has 1 aliphatic rings. The van der Waals surface area contributed by atoms with Crippen LogP contribution in [0.4, 0.5) is 5.82 Å². The number of hydrogen-bond acceptors (Lipinski definition) is 5. The molecule has 0 atom stereocenters. The first kappa shape index (κ1) is 13.2. The van der Waals surface area contributed by atoms with E-state index in [2.05, 4.69) is 27.3 Å². The van der Waals surface area contributed by atoms with Crippen molar-refractivity contribution < 1.29 is 0 Å². The van der Waals surface area contributed by atoms with Gasteiger partial charge in [-0.05, 0) is 19.9 Å². The van der Waals surface area contributed by atoms with Crippen molar-refractivity contribution in [1.29, 1.82) is 0 Å². The number of nitrogens with zero attached hydrogens (tertiary/aromatic N) is 3. The molecule has 1 fully saturated rings. The second-order valence-corrected chi connectivity index (χ2v) is 5.10. The van der Waals surface area contributed by atoms with Gasteiger partial charge >= 0.3 is 0 Å². The van der Waals surface area contributed by atoms with E-state index in [1.54, 1.807) is 12.4 Å². The molecule has 1 heterocycles. The summed E-state index contributed by atoms with van der Waals surface area (Å²) in [5.74, 6) is 5.88. The predicted molar refractivity (Wildman–Crippen MR) is 72.8 cm³/mol. The van der Waals surface area contributed by atoms with Crippen molar-refractivity contribution in [2.75, 3.05) is 12.5 Å². The van der Waals surface area contributed by atoms with Gasteiger partial charge in [0, 0.05) is 12.6 Å². The maximum atomic E-state index is 5.27. The summed E-state index contributed by atoms with van der Waals surface area (Å²) in [5.41, 5.74) is 3.49. The van der Waals surface area contributed by atoms with Crippen molar-refractivity contribution in [2.45, 2.75) is 51.1 Å². The predicted octanol–water partition coefficient (Wildman–Crippen LogP) is 1.92. The maximum Gasteiger partial charge on any atom is 0.158 e. The summed E-state index contributed by atoms with van der Waals surface area (Å²) in [7, 11) is 2.19. The molecule has 3 N–H and O–H groups in total. The molecule has 1 aromatic heterocycles. The lowest BCUT2D eigenvalue weighted by atomic mass is 10.1. The molecule has 0 amide bonds. The molecule has 0 aliphatic heterocycles. The van der Waals surface area contributed by atoms with Crippen LogP contribution in [0.25, 0.3) is 0 Å². The topological polar surface area (TPSA) is 67.1 Å². The standard InChI is InChI=1S/C13H23N5/c1-18(12-6-4-2-3-5-7-12)10-11-8-16-13(17-14)9-15-11/h8-9,12H,2-7,10,14H2,1H3,(H,16,17). The Balaban J connectivity index is 1.90. The van der Waals surface area contributed by atoms with Crippen LogP contribution in [0.5, 0.6) is 0 Å². The van der Waals surface area contributed by atoms with E-state index >= 15 is 0 Å². The number of hydrazine groups is 1. The average Bonchev–Trinajstić information content (AvgIpc) is 2.68. The third-order valence-corrected chi connectivity index (χ3v) is 3.71. The van der Waals surface area contributed by atoms with Gasteiger partial charge in [0.1, 0.15) is 0 Å². The van der Waals surface area contributed by atoms with Gasteiger partial charge in [-0.3, -0.25) is 9.88 Å². The zero-order chi connectivity index (χ0) is 12.8. The highest BCUT2D eigenvalue weighted by Gasteiger charge is 2.17. The summed E-state index contributed by atoms with van der Waals surface area (Å²) in [4.78, 5) is 11.0. The normalized spacial score (nSPS) is 17.7. The Hall–Kier alpha value is -1.20. The molecule has 0 unspecified atom stereocenters. The van der Waals surface area contributed by atoms with Crippen LogP contribution in [0.1, 0.15) is 44.2 Å². The minimum Gasteiger partial charge on any atom is -0.307 e. The van der Waals surface area contributed by atoms with Crippen LogP contribution >= 0.6 is 0 Å². The van der Waals surface area contributed by atoms with Crippen LogP contribution in [0.3, 0.4) is 0 Å². The first-order valence-electron chi connectivity index (χ1n) is 6.77. The van der Waals surface area contributed by atoms with Crippen molar-refractivity contribution in [3.8, 4) is 0 Å². The van der Waals surface area contributed by atoms with Crippen molar-refractivity contribution in [1.82, 2.24) is 14.9 Å². The van der Waals surface area contributed by atoms with Crippen molar-refractivity contribution >= 4 is 5.82 Å². The third kappa shape index (κ3) is 3.65. The monoisotopic (exact) mass is 249 g/mol. The fourth-order valence-corrected chi connectivity index (χ4v) is 2.59. The molecule has 2 rings (SSSR count). The van der Waals surface area contributed by atoms with Gasteiger partial charge in [0.05, 0.1) is 18.1 Å². The first-order chi connectivity index (χ1) is 8.79. The summed E-state index contributed by atoms with van der Waals surface area (Å²) >= 11 is 0. The van der Waals surface area contributed by atoms with Crippen LogP contribution in [-0.2, 0) is 6.54 Å². The largest absolute Gasteiger partial charge is 0.307 e. The van der Waals surface area contributed by atoms with Crippen LogP contribution in [0.2, 0.25) is 0 Å². The summed E-state index contributed by atoms with van der Waals surface area (Å²) in [6, 6.07) is 0.696. The molecule has 1 saturated carbocycles. The Bertz CT molecular complexity index is 343. The lowest BCUT2D eigenvalue weighted by molar-refractivity contribution is 0.210. The first-order valence-corrected chi connectivity index (χ1v) is 6.77. The molecule has 5 heteroatoms. The fourth-order valence-electron chi connectivity index (χ4n) is 2.59. The van der Waals surface area contributed by atoms with E-state index in [4.69, 9.17) is 5.84 Å². The fraction of sp³-hybridized carbons (Fsp3) is 0.692. The van der Waals surface area contributed by atoms with Gasteiger partial charge in [0.15, 0.2) is 5.82 Å². The van der Waals surface area contributed by atoms with Gasteiger partial charge < -0.3 is 5.43 Å². The highest BCUT2D eigenvalue weighted by molar-refractivity contribution is 5.28. The van der Waals surface area contributed by atoms with E-state index in [9.17, 15) is 0 Å². The average molecular weight is 249 g/mol. The Morgan fingerprint density at radius 3 is 2.50 bits per heavy atom. The Labute approximate surface area is 109 Å². The zero-order valence-corrected chi connectivity index (χ0v) is 11.1. The molecule has 0 saturated heterocycles. The summed E-state index contributed by atoms with van der Waals surface area (Å²) in [5, 5.41) is 0. The Morgan fingerprint density at radius 2 is 1.94 bits per heavy atom. The number of hydrogen-bond donors (Lipinski definition) is 2. The highest BCUT2D eigenvalue weighted by Crippen LogP contribution is 2.21. The van der Waals surface area contributed by atoms with Crippen LogP contribution in [-0.4, -0.2) is 28.0 Å². The molecular formula is C13H23N5. The maximum absolute atomic E-state index is 5.27. The lowest BCUT2D eigenvalue weighted by Gasteiger charge is -2.26. The van der Waals surface area contributed by atoms with E-state index in [0.717, 1.165) is 12.2 Å². The van der Waals surface area contributed by atoms with Gasteiger partial charge in [-0.25, -0.2) is 10.8 Å². The highest BCUT2D eigenvalue weighted by atomic mass is 15.3. The lowest BCUT2D eigenvalue weighted by Crippen LogP contribution is -2.31. The van der Waals surface area contributed by atoms with E-state index in [1.165, 1.54) is 38.5 Å². The van der Waals surface area contributed by atoms with Crippen LogP contribution in [0, 0.1) is 0 Å². The number of rotatable bonds is 4. The van der Waals surface area contributed by atoms with E-state index in [1.807, 2.05) is 0 Å². The molecule has 18 heavy (non-hydrogen) atoms. The third-order valence-electron chi connectivity index (χ3n) is 3.71. The Kier molecular flexibility index (Phi) is 4.90. The molecule has 0 radical (unpaired) electrons. The molecule has 0 spiro atoms. The second kappa shape index (κ2) is 6.66. The summed E-state index contributed by atoms with van der Waals surface area (Å²) < 4.78 is 0. The molecule has 5 nitrogen and oxygen atoms in total. The quantitative estimate of drug-likeness (QED) is 0.485. The molecule has 0 aromatic carbocycles. The molecule has 1 aliphatic carbocycles. The molecule has 100 valence electrons. The number of nitrogen functional groups attached to an aromatic ring is 1. The smallest absolute Gasteiger partial charge is 0.158 e. The Morgan fingerprint density at radius 1 is 1.22 bits per heavy atom. The van der Waals surface area contributed by atoms with Crippen molar-refractivity contribution in [2.24, 2.45) is 5.84 Å². The van der Waals surface area contributed by atoms with Gasteiger partial charge in [-0.1, -0.05) is 25.7 Å². The number of nitrogens with two attached hydrogens (primary N) is 1. The molecular weight excluding hydrogens is 226 g/mol. The van der Waals surface area contributed by atoms with Crippen molar-refractivity contribution in [3.63, 3.8) is 0 Å². The SMILES string of the molecule is CN(Cc1cnc(NN)cn1)C1CCCCCC1. The van der Waals surface area contributed by atoms with E-state index < -0.39 is 0 Å². The number of nitrogens with one attached hydrogen (secondary N) is 1. The van der Waals surface area contributed by atoms with E-state index in [0.29, 0.717) is 11.9 Å². The minimum atomic E-state index is 0.607.